The number of ketones is 1. The van der Waals surface area contributed by atoms with E-state index < -0.39 is 10.2 Å². The number of hydrogen-bond donors (Lipinski definition) is 2. The van der Waals surface area contributed by atoms with Crippen LogP contribution >= 0.6 is 12.4 Å². The number of aromatic nitrogens is 1. The van der Waals surface area contributed by atoms with Gasteiger partial charge in [-0.15, -0.1) is 12.4 Å². The van der Waals surface area contributed by atoms with E-state index in [0.717, 1.165) is 0 Å². The third-order valence-corrected chi connectivity index (χ3v) is 5.11. The zero-order valence-corrected chi connectivity index (χ0v) is 20.0. The van der Waals surface area contributed by atoms with Crippen molar-refractivity contribution in [1.29, 1.82) is 0 Å². The summed E-state index contributed by atoms with van der Waals surface area (Å²) in [6, 6.07) is 6.27. The number of methoxy groups -OCH3 is 3. The van der Waals surface area contributed by atoms with Gasteiger partial charge in [0.15, 0.2) is 17.3 Å². The van der Waals surface area contributed by atoms with Gasteiger partial charge in [-0.25, -0.2) is 5.14 Å². The lowest BCUT2D eigenvalue weighted by molar-refractivity contribution is 0.103. The number of fused-ring (bicyclic) bond motifs is 1. The fraction of sp³-hybridized carbons (Fsp3) is 0.238. The van der Waals surface area contributed by atoms with Crippen molar-refractivity contribution >= 4 is 44.9 Å². The highest BCUT2D eigenvalue weighted by Crippen LogP contribution is 2.40. The maximum atomic E-state index is 13.4. The molecule has 1 aromatic heterocycles. The van der Waals surface area contributed by atoms with Gasteiger partial charge in [-0.1, -0.05) is 0 Å². The van der Waals surface area contributed by atoms with Crippen LogP contribution in [-0.4, -0.2) is 47.1 Å². The van der Waals surface area contributed by atoms with Crippen molar-refractivity contribution in [3.05, 3.63) is 47.8 Å². The van der Waals surface area contributed by atoms with Gasteiger partial charge in [0.1, 0.15) is 11.4 Å². The largest absolute Gasteiger partial charge is 0.493 e. The standard InChI is InChI=1S/C21H23N3O7S.ClH/c1-5-31-16-7-6-13-14(19(16)24-32(22,26)27)10-23-11-15(13)20(25)12-8-17(28-2)21(30-4)18(9-12)29-3;/h6-11,24H,5H2,1-4H3,(H2,22,26,27);1H. The van der Waals surface area contributed by atoms with Crippen LogP contribution in [0, 0.1) is 0 Å². The lowest BCUT2D eigenvalue weighted by Crippen LogP contribution is -2.22. The van der Waals surface area contributed by atoms with Crippen molar-refractivity contribution in [3.8, 4) is 23.0 Å². The predicted octanol–water partition coefficient (Wildman–Crippen LogP) is 2.93. The molecule has 0 radical (unpaired) electrons. The maximum absolute atomic E-state index is 13.4. The summed E-state index contributed by atoms with van der Waals surface area (Å²) >= 11 is 0. The van der Waals surface area contributed by atoms with E-state index in [1.807, 2.05) is 0 Å². The van der Waals surface area contributed by atoms with Gasteiger partial charge >= 0.3 is 0 Å². The minimum absolute atomic E-state index is 0. The van der Waals surface area contributed by atoms with Crippen LogP contribution in [0.2, 0.25) is 0 Å². The first kappa shape index (κ1) is 26.0. The molecule has 0 amide bonds. The molecule has 0 unspecified atom stereocenters. The van der Waals surface area contributed by atoms with Crippen molar-refractivity contribution in [2.45, 2.75) is 6.92 Å². The molecule has 3 rings (SSSR count). The number of anilines is 1. The topological polar surface area (TPSA) is 139 Å². The Morgan fingerprint density at radius 1 is 1.00 bits per heavy atom. The van der Waals surface area contributed by atoms with E-state index in [2.05, 4.69) is 9.71 Å². The molecule has 33 heavy (non-hydrogen) atoms. The normalized spacial score (nSPS) is 10.8. The van der Waals surface area contributed by atoms with E-state index in [1.165, 1.54) is 45.9 Å². The number of carbonyl (C=O) groups is 1. The second-order valence-corrected chi connectivity index (χ2v) is 7.84. The molecule has 12 heteroatoms. The Labute approximate surface area is 197 Å². The fourth-order valence-electron chi connectivity index (χ4n) is 3.30. The Morgan fingerprint density at radius 3 is 2.15 bits per heavy atom. The third kappa shape index (κ3) is 5.38. The van der Waals surface area contributed by atoms with Crippen LogP contribution in [-0.2, 0) is 10.2 Å². The highest BCUT2D eigenvalue weighted by atomic mass is 35.5. The molecule has 0 aliphatic carbocycles. The molecule has 2 aromatic carbocycles. The fourth-order valence-corrected chi connectivity index (χ4v) is 3.79. The number of halogens is 1. The van der Waals surface area contributed by atoms with E-state index >= 15 is 0 Å². The van der Waals surface area contributed by atoms with Crippen LogP contribution in [0.4, 0.5) is 5.69 Å². The van der Waals surface area contributed by atoms with E-state index in [4.69, 9.17) is 24.1 Å². The summed E-state index contributed by atoms with van der Waals surface area (Å²) in [6.45, 7) is 2.05. The number of rotatable bonds is 9. The number of nitrogens with zero attached hydrogens (tertiary/aromatic N) is 1. The van der Waals surface area contributed by atoms with Crippen LogP contribution in [0.25, 0.3) is 10.8 Å². The summed E-state index contributed by atoms with van der Waals surface area (Å²) in [6.07, 6.45) is 2.83. The lowest BCUT2D eigenvalue weighted by atomic mass is 9.98. The van der Waals surface area contributed by atoms with Gasteiger partial charge in [0.2, 0.25) is 5.75 Å². The van der Waals surface area contributed by atoms with Crippen molar-refractivity contribution in [2.75, 3.05) is 32.7 Å². The molecule has 0 atom stereocenters. The van der Waals surface area contributed by atoms with Crippen LogP contribution in [0.5, 0.6) is 23.0 Å². The Bertz CT molecular complexity index is 1260. The highest BCUT2D eigenvalue weighted by Gasteiger charge is 2.22. The number of nitrogens with two attached hydrogens (primary N) is 1. The lowest BCUT2D eigenvalue weighted by Gasteiger charge is -2.16. The summed E-state index contributed by atoms with van der Waals surface area (Å²) in [4.78, 5) is 17.5. The van der Waals surface area contributed by atoms with E-state index in [0.29, 0.717) is 34.6 Å². The Morgan fingerprint density at radius 2 is 1.64 bits per heavy atom. The second-order valence-electron chi connectivity index (χ2n) is 6.54. The van der Waals surface area contributed by atoms with E-state index in [-0.39, 0.29) is 40.8 Å². The number of nitrogens with one attached hydrogen (secondary N) is 1. The molecule has 0 saturated heterocycles. The smallest absolute Gasteiger partial charge is 0.296 e. The van der Waals surface area contributed by atoms with Gasteiger partial charge in [-0.2, -0.15) is 8.42 Å². The summed E-state index contributed by atoms with van der Waals surface area (Å²) in [5.41, 5.74) is 0.597. The summed E-state index contributed by atoms with van der Waals surface area (Å²) < 4.78 is 47.2. The molecule has 0 spiro atoms. The average Bonchev–Trinajstić information content (AvgIpc) is 2.77. The van der Waals surface area contributed by atoms with Crippen molar-refractivity contribution in [2.24, 2.45) is 5.14 Å². The van der Waals surface area contributed by atoms with Crippen molar-refractivity contribution < 1.29 is 32.2 Å². The number of benzene rings is 2. The van der Waals surface area contributed by atoms with Crippen LogP contribution in [0.3, 0.4) is 0 Å². The van der Waals surface area contributed by atoms with Crippen LogP contribution in [0.1, 0.15) is 22.8 Å². The van der Waals surface area contributed by atoms with Crippen molar-refractivity contribution in [1.82, 2.24) is 4.98 Å². The number of hydrogen-bond acceptors (Lipinski definition) is 8. The SMILES string of the molecule is CCOc1ccc2c(C(=O)c3cc(OC)c(OC)c(OC)c3)cncc2c1NS(N)(=O)=O.Cl. The quantitative estimate of drug-likeness (QED) is 0.430. The monoisotopic (exact) mass is 497 g/mol. The zero-order chi connectivity index (χ0) is 23.5. The molecular weight excluding hydrogens is 474 g/mol. The maximum Gasteiger partial charge on any atom is 0.296 e. The van der Waals surface area contributed by atoms with Gasteiger partial charge in [0.25, 0.3) is 10.2 Å². The predicted molar refractivity (Wildman–Crippen MR) is 126 cm³/mol. The molecule has 10 nitrogen and oxygen atoms in total. The first-order chi connectivity index (χ1) is 15.2. The van der Waals surface area contributed by atoms with Gasteiger partial charge in [-0.05, 0) is 36.6 Å². The van der Waals surface area contributed by atoms with Crippen molar-refractivity contribution in [3.63, 3.8) is 0 Å². The average molecular weight is 498 g/mol. The first-order valence-electron chi connectivity index (χ1n) is 9.42. The molecule has 0 fully saturated rings. The molecule has 0 aliphatic heterocycles. The molecule has 1 heterocycles. The number of carbonyl (C=O) groups excluding carboxylic acids is 1. The summed E-state index contributed by atoms with van der Waals surface area (Å²) in [7, 11) is 0.254. The van der Waals surface area contributed by atoms with Crippen LogP contribution in [0.15, 0.2) is 36.7 Å². The number of ether oxygens (including phenoxy) is 4. The van der Waals surface area contributed by atoms with Crippen LogP contribution < -0.4 is 28.8 Å². The van der Waals surface area contributed by atoms with Gasteiger partial charge in [-0.3, -0.25) is 14.5 Å². The highest BCUT2D eigenvalue weighted by molar-refractivity contribution is 7.90. The molecular formula is C21H24ClN3O7S. The minimum atomic E-state index is -4.11. The first-order valence-corrected chi connectivity index (χ1v) is 11.0. The van der Waals surface area contributed by atoms with E-state index in [1.54, 1.807) is 19.1 Å². The Balaban J connectivity index is 0.00000385. The Hall–Kier alpha value is -3.28. The Kier molecular flexibility index (Phi) is 8.31. The van der Waals surface area contributed by atoms with Gasteiger partial charge in [0, 0.05) is 28.9 Å². The van der Waals surface area contributed by atoms with E-state index in [9.17, 15) is 13.2 Å². The molecule has 3 N–H and O–H groups in total. The van der Waals surface area contributed by atoms with Gasteiger partial charge < -0.3 is 18.9 Å². The summed E-state index contributed by atoms with van der Waals surface area (Å²) in [5, 5.41) is 5.98. The minimum Gasteiger partial charge on any atom is -0.493 e. The van der Waals surface area contributed by atoms with Gasteiger partial charge in [0.05, 0.1) is 27.9 Å². The third-order valence-electron chi connectivity index (χ3n) is 4.62. The molecule has 0 saturated carbocycles. The molecule has 0 bridgehead atoms. The second kappa shape index (κ2) is 10.6. The molecule has 0 aliphatic rings. The summed E-state index contributed by atoms with van der Waals surface area (Å²) in [5.74, 6) is 0.863. The number of pyridine rings is 1. The molecule has 3 aromatic rings. The zero-order valence-electron chi connectivity index (χ0n) is 18.4. The molecule has 178 valence electrons.